The van der Waals surface area contributed by atoms with Crippen LogP contribution in [-0.4, -0.2) is 0 Å². The van der Waals surface area contributed by atoms with E-state index in [0.717, 1.165) is 22.1 Å². The number of anilines is 3. The van der Waals surface area contributed by atoms with Gasteiger partial charge in [0.25, 0.3) is 0 Å². The zero-order valence-electron chi connectivity index (χ0n) is 16.6. The standard InChI is InChI=1S/C27H22ClN/c1-27(2)25-16-14-22(18-24(25)23-15-13-19(28)17-26(23)27)29(20-9-5-3-6-10-20)21-11-7-4-8-12-21/h3-18H,1-2H3. The molecule has 0 bridgehead atoms. The molecule has 0 aromatic heterocycles. The molecule has 4 aromatic carbocycles. The summed E-state index contributed by atoms with van der Waals surface area (Å²) >= 11 is 6.33. The van der Waals surface area contributed by atoms with Gasteiger partial charge in [0.15, 0.2) is 0 Å². The normalized spacial score (nSPS) is 13.6. The highest BCUT2D eigenvalue weighted by Crippen LogP contribution is 2.51. The summed E-state index contributed by atoms with van der Waals surface area (Å²) in [4.78, 5) is 2.31. The predicted octanol–water partition coefficient (Wildman–Crippen LogP) is 8.12. The average Bonchev–Trinajstić information content (AvgIpc) is 2.96. The third-order valence-corrected chi connectivity index (χ3v) is 6.14. The molecule has 0 radical (unpaired) electrons. The Morgan fingerprint density at radius 3 is 1.83 bits per heavy atom. The SMILES string of the molecule is CC1(C)c2ccc(N(c3ccccc3)c3ccccc3)cc2-c2ccc(Cl)cc21. The van der Waals surface area contributed by atoms with E-state index in [9.17, 15) is 0 Å². The lowest BCUT2D eigenvalue weighted by atomic mass is 9.82. The molecule has 0 heterocycles. The second-order valence-electron chi connectivity index (χ2n) is 8.05. The molecule has 0 aliphatic heterocycles. The second kappa shape index (κ2) is 6.79. The van der Waals surface area contributed by atoms with Gasteiger partial charge in [-0.25, -0.2) is 0 Å². The maximum atomic E-state index is 6.33. The van der Waals surface area contributed by atoms with Crippen LogP contribution in [0.5, 0.6) is 0 Å². The van der Waals surface area contributed by atoms with Crippen LogP contribution in [-0.2, 0) is 5.41 Å². The Morgan fingerprint density at radius 1 is 0.586 bits per heavy atom. The van der Waals surface area contributed by atoms with Gasteiger partial charge in [-0.05, 0) is 70.8 Å². The van der Waals surface area contributed by atoms with E-state index in [2.05, 4.69) is 110 Å². The van der Waals surface area contributed by atoms with E-state index in [4.69, 9.17) is 11.6 Å². The molecule has 5 rings (SSSR count). The zero-order valence-corrected chi connectivity index (χ0v) is 17.3. The number of nitrogens with zero attached hydrogens (tertiary/aromatic N) is 1. The molecule has 0 saturated heterocycles. The van der Waals surface area contributed by atoms with Gasteiger partial charge in [0.05, 0.1) is 0 Å². The summed E-state index contributed by atoms with van der Waals surface area (Å²) in [5.41, 5.74) is 8.59. The fourth-order valence-electron chi connectivity index (χ4n) is 4.45. The summed E-state index contributed by atoms with van der Waals surface area (Å²) in [6, 6.07) is 34.1. The minimum absolute atomic E-state index is 0.0571. The molecule has 0 amide bonds. The van der Waals surface area contributed by atoms with Crippen molar-refractivity contribution < 1.29 is 0 Å². The Morgan fingerprint density at radius 2 is 1.21 bits per heavy atom. The summed E-state index contributed by atoms with van der Waals surface area (Å²) in [5.74, 6) is 0. The van der Waals surface area contributed by atoms with Crippen molar-refractivity contribution in [2.75, 3.05) is 4.90 Å². The van der Waals surface area contributed by atoms with Crippen LogP contribution in [0.25, 0.3) is 11.1 Å². The number of fused-ring (bicyclic) bond motifs is 3. The van der Waals surface area contributed by atoms with Crippen LogP contribution in [0.2, 0.25) is 5.02 Å². The Balaban J connectivity index is 1.71. The fourth-order valence-corrected chi connectivity index (χ4v) is 4.63. The zero-order chi connectivity index (χ0) is 20.0. The Kier molecular flexibility index (Phi) is 4.22. The molecule has 1 aliphatic rings. The van der Waals surface area contributed by atoms with Crippen molar-refractivity contribution in [1.29, 1.82) is 0 Å². The molecule has 0 saturated carbocycles. The quantitative estimate of drug-likeness (QED) is 0.338. The van der Waals surface area contributed by atoms with Crippen molar-refractivity contribution in [1.82, 2.24) is 0 Å². The molecule has 4 aromatic rings. The summed E-state index contributed by atoms with van der Waals surface area (Å²) in [6.45, 7) is 4.56. The molecule has 1 aliphatic carbocycles. The summed E-state index contributed by atoms with van der Waals surface area (Å²) in [7, 11) is 0. The van der Waals surface area contributed by atoms with Crippen LogP contribution in [0, 0.1) is 0 Å². The van der Waals surface area contributed by atoms with Crippen LogP contribution in [0.15, 0.2) is 97.1 Å². The van der Waals surface area contributed by atoms with Gasteiger partial charge in [0.1, 0.15) is 0 Å². The van der Waals surface area contributed by atoms with Crippen molar-refractivity contribution in [3.63, 3.8) is 0 Å². The van der Waals surface area contributed by atoms with Gasteiger partial charge in [0, 0.05) is 27.5 Å². The number of rotatable bonds is 3. The first-order valence-electron chi connectivity index (χ1n) is 9.91. The van der Waals surface area contributed by atoms with Crippen molar-refractivity contribution in [3.05, 3.63) is 113 Å². The van der Waals surface area contributed by atoms with Crippen LogP contribution in [0.4, 0.5) is 17.1 Å². The third kappa shape index (κ3) is 2.94. The minimum atomic E-state index is -0.0571. The lowest BCUT2D eigenvalue weighted by Crippen LogP contribution is -2.15. The van der Waals surface area contributed by atoms with Crippen molar-refractivity contribution in [3.8, 4) is 11.1 Å². The maximum absolute atomic E-state index is 6.33. The number of hydrogen-bond acceptors (Lipinski definition) is 1. The lowest BCUT2D eigenvalue weighted by Gasteiger charge is -2.27. The predicted molar refractivity (Wildman–Crippen MR) is 124 cm³/mol. The molecular weight excluding hydrogens is 374 g/mol. The summed E-state index contributed by atoms with van der Waals surface area (Å²) in [6.07, 6.45) is 0. The molecule has 1 nitrogen and oxygen atoms in total. The number of benzene rings is 4. The molecule has 0 N–H and O–H groups in total. The van der Waals surface area contributed by atoms with Gasteiger partial charge in [0.2, 0.25) is 0 Å². The van der Waals surface area contributed by atoms with Gasteiger partial charge < -0.3 is 4.90 Å². The second-order valence-corrected chi connectivity index (χ2v) is 8.49. The number of hydrogen-bond donors (Lipinski definition) is 0. The maximum Gasteiger partial charge on any atom is 0.0468 e. The monoisotopic (exact) mass is 395 g/mol. The highest BCUT2D eigenvalue weighted by molar-refractivity contribution is 6.30. The molecule has 29 heavy (non-hydrogen) atoms. The van der Waals surface area contributed by atoms with Crippen molar-refractivity contribution in [2.24, 2.45) is 0 Å². The first kappa shape index (κ1) is 18.0. The van der Waals surface area contributed by atoms with E-state index in [-0.39, 0.29) is 5.41 Å². The van der Waals surface area contributed by atoms with Crippen molar-refractivity contribution in [2.45, 2.75) is 19.3 Å². The molecule has 0 fully saturated rings. The highest BCUT2D eigenvalue weighted by Gasteiger charge is 2.35. The molecule has 2 heteroatoms. The molecule has 0 atom stereocenters. The van der Waals surface area contributed by atoms with E-state index < -0.39 is 0 Å². The average molecular weight is 396 g/mol. The molecular formula is C27H22ClN. The summed E-state index contributed by atoms with van der Waals surface area (Å²) < 4.78 is 0. The minimum Gasteiger partial charge on any atom is -0.310 e. The van der Waals surface area contributed by atoms with Gasteiger partial charge in [-0.3, -0.25) is 0 Å². The van der Waals surface area contributed by atoms with Crippen LogP contribution in [0.1, 0.15) is 25.0 Å². The molecule has 0 unspecified atom stereocenters. The van der Waals surface area contributed by atoms with Gasteiger partial charge in [-0.1, -0.05) is 74.0 Å². The molecule has 0 spiro atoms. The highest BCUT2D eigenvalue weighted by atomic mass is 35.5. The van der Waals surface area contributed by atoms with Gasteiger partial charge in [-0.15, -0.1) is 0 Å². The third-order valence-electron chi connectivity index (χ3n) is 5.91. The van der Waals surface area contributed by atoms with Crippen LogP contribution in [0.3, 0.4) is 0 Å². The van der Waals surface area contributed by atoms with E-state index in [1.807, 2.05) is 6.07 Å². The van der Waals surface area contributed by atoms with E-state index in [0.29, 0.717) is 0 Å². The number of para-hydroxylation sites is 2. The molecule has 142 valence electrons. The van der Waals surface area contributed by atoms with Gasteiger partial charge >= 0.3 is 0 Å². The topological polar surface area (TPSA) is 3.24 Å². The Bertz CT molecular complexity index is 1140. The first-order chi connectivity index (χ1) is 14.1. The Hall–Kier alpha value is -3.03. The number of halogens is 1. The van der Waals surface area contributed by atoms with Crippen LogP contribution < -0.4 is 4.90 Å². The van der Waals surface area contributed by atoms with E-state index in [1.165, 1.54) is 22.3 Å². The lowest BCUT2D eigenvalue weighted by molar-refractivity contribution is 0.660. The van der Waals surface area contributed by atoms with Crippen molar-refractivity contribution >= 4 is 28.7 Å². The summed E-state index contributed by atoms with van der Waals surface area (Å²) in [5, 5.41) is 0.792. The van der Waals surface area contributed by atoms with E-state index >= 15 is 0 Å². The van der Waals surface area contributed by atoms with E-state index in [1.54, 1.807) is 0 Å². The van der Waals surface area contributed by atoms with Crippen LogP contribution >= 0.6 is 11.6 Å². The largest absolute Gasteiger partial charge is 0.310 e. The fraction of sp³-hybridized carbons (Fsp3) is 0.111. The first-order valence-corrected chi connectivity index (χ1v) is 10.3. The Labute approximate surface area is 177 Å². The smallest absolute Gasteiger partial charge is 0.0468 e. The van der Waals surface area contributed by atoms with Gasteiger partial charge in [-0.2, -0.15) is 0 Å².